The highest BCUT2D eigenvalue weighted by molar-refractivity contribution is 5.88. The van der Waals surface area contributed by atoms with E-state index in [1.807, 2.05) is 12.1 Å². The minimum atomic E-state index is -0.890. The summed E-state index contributed by atoms with van der Waals surface area (Å²) in [6, 6.07) is 13.9. The lowest BCUT2D eigenvalue weighted by Gasteiger charge is -2.16. The molecule has 0 saturated carbocycles. The van der Waals surface area contributed by atoms with Gasteiger partial charge in [-0.05, 0) is 55.2 Å². The maximum atomic E-state index is 10.8. The van der Waals surface area contributed by atoms with E-state index in [0.29, 0.717) is 11.6 Å². The van der Waals surface area contributed by atoms with Crippen molar-refractivity contribution in [1.82, 2.24) is 0 Å². The first-order chi connectivity index (χ1) is 9.63. The Bertz CT molecular complexity index is 647. The summed E-state index contributed by atoms with van der Waals surface area (Å²) in [6.07, 6.45) is 2.18. The van der Waals surface area contributed by atoms with Crippen LogP contribution < -0.4 is 5.32 Å². The molecule has 2 aromatic carbocycles. The van der Waals surface area contributed by atoms with Crippen molar-refractivity contribution in [2.45, 2.75) is 25.8 Å². The van der Waals surface area contributed by atoms with Crippen molar-refractivity contribution >= 4 is 11.7 Å². The molecule has 0 aliphatic heterocycles. The number of aromatic carboxylic acids is 1. The Kier molecular flexibility index (Phi) is 3.18. The van der Waals surface area contributed by atoms with Crippen molar-refractivity contribution in [1.29, 1.82) is 0 Å². The molecule has 0 amide bonds. The average molecular weight is 267 g/mol. The van der Waals surface area contributed by atoms with Crippen molar-refractivity contribution in [3.8, 4) is 0 Å². The molecule has 0 fully saturated rings. The summed E-state index contributed by atoms with van der Waals surface area (Å²) in [4.78, 5) is 10.8. The van der Waals surface area contributed by atoms with Crippen LogP contribution in [0.1, 0.15) is 39.5 Å². The Hall–Kier alpha value is -2.29. The molecule has 3 heteroatoms. The van der Waals surface area contributed by atoms with Crippen LogP contribution in [-0.2, 0) is 6.42 Å². The largest absolute Gasteiger partial charge is 0.478 e. The van der Waals surface area contributed by atoms with Crippen molar-refractivity contribution in [3.63, 3.8) is 0 Å². The first-order valence-electron chi connectivity index (χ1n) is 6.83. The van der Waals surface area contributed by atoms with Crippen molar-refractivity contribution in [3.05, 3.63) is 64.7 Å². The van der Waals surface area contributed by atoms with Gasteiger partial charge in [0.25, 0.3) is 0 Å². The van der Waals surface area contributed by atoms with Gasteiger partial charge in [-0.3, -0.25) is 0 Å². The van der Waals surface area contributed by atoms with E-state index in [9.17, 15) is 4.79 Å². The van der Waals surface area contributed by atoms with E-state index in [1.54, 1.807) is 12.1 Å². The highest BCUT2D eigenvalue weighted by Gasteiger charge is 2.22. The zero-order chi connectivity index (χ0) is 14.1. The molecule has 102 valence electrons. The number of fused-ring (bicyclic) bond motifs is 1. The number of rotatable bonds is 3. The fourth-order valence-electron chi connectivity index (χ4n) is 2.78. The topological polar surface area (TPSA) is 49.3 Å². The molecule has 0 bridgehead atoms. The van der Waals surface area contributed by atoms with E-state index in [2.05, 4.69) is 30.4 Å². The Morgan fingerprint density at radius 2 is 1.95 bits per heavy atom. The normalized spacial score (nSPS) is 16.8. The molecule has 0 heterocycles. The summed E-state index contributed by atoms with van der Waals surface area (Å²) in [5.41, 5.74) is 5.34. The number of benzene rings is 2. The van der Waals surface area contributed by atoms with Crippen LogP contribution in [0.4, 0.5) is 5.69 Å². The fourth-order valence-corrected chi connectivity index (χ4v) is 2.78. The summed E-state index contributed by atoms with van der Waals surface area (Å²) in [6.45, 7) is 2.11. The van der Waals surface area contributed by atoms with Crippen LogP contribution in [0, 0.1) is 6.92 Å². The SMILES string of the molecule is Cc1ccc2c(c1)C(Nc1ccc(C(=O)O)cc1)CC2. The van der Waals surface area contributed by atoms with Gasteiger partial charge in [0.2, 0.25) is 0 Å². The van der Waals surface area contributed by atoms with Crippen LogP contribution in [0.25, 0.3) is 0 Å². The third kappa shape index (κ3) is 2.39. The van der Waals surface area contributed by atoms with E-state index < -0.39 is 5.97 Å². The van der Waals surface area contributed by atoms with E-state index in [-0.39, 0.29) is 0 Å². The van der Waals surface area contributed by atoms with Crippen molar-refractivity contribution < 1.29 is 9.90 Å². The number of nitrogens with one attached hydrogen (secondary N) is 1. The van der Waals surface area contributed by atoms with Gasteiger partial charge in [0.05, 0.1) is 11.6 Å². The lowest BCUT2D eigenvalue weighted by molar-refractivity contribution is 0.0697. The van der Waals surface area contributed by atoms with Gasteiger partial charge in [0.15, 0.2) is 0 Å². The molecule has 3 nitrogen and oxygen atoms in total. The molecule has 2 N–H and O–H groups in total. The summed E-state index contributed by atoms with van der Waals surface area (Å²) in [5.74, 6) is -0.890. The van der Waals surface area contributed by atoms with Crippen LogP contribution in [0.15, 0.2) is 42.5 Å². The molecule has 0 aromatic heterocycles. The lowest BCUT2D eigenvalue weighted by Crippen LogP contribution is -2.07. The highest BCUT2D eigenvalue weighted by atomic mass is 16.4. The molecule has 1 aliphatic carbocycles. The van der Waals surface area contributed by atoms with Gasteiger partial charge in [0, 0.05) is 5.69 Å². The van der Waals surface area contributed by atoms with E-state index in [1.165, 1.54) is 16.7 Å². The smallest absolute Gasteiger partial charge is 0.335 e. The summed E-state index contributed by atoms with van der Waals surface area (Å²) in [7, 11) is 0. The number of hydrogen-bond acceptors (Lipinski definition) is 2. The number of carboxylic acids is 1. The van der Waals surface area contributed by atoms with Gasteiger partial charge >= 0.3 is 5.97 Å². The Balaban J connectivity index is 1.80. The predicted molar refractivity (Wildman–Crippen MR) is 79.3 cm³/mol. The highest BCUT2D eigenvalue weighted by Crippen LogP contribution is 2.34. The Morgan fingerprint density at radius 1 is 1.20 bits per heavy atom. The van der Waals surface area contributed by atoms with Crippen molar-refractivity contribution in [2.24, 2.45) is 0 Å². The second-order valence-electron chi connectivity index (χ2n) is 5.32. The molecule has 2 aromatic rings. The van der Waals surface area contributed by atoms with Crippen LogP contribution in [0.5, 0.6) is 0 Å². The zero-order valence-electron chi connectivity index (χ0n) is 11.4. The number of carbonyl (C=O) groups is 1. The minimum absolute atomic E-state index is 0.318. The molecule has 1 atom stereocenters. The second kappa shape index (κ2) is 5.00. The molecule has 1 aliphatic rings. The number of carboxylic acid groups (broad SMARTS) is 1. The van der Waals surface area contributed by atoms with Crippen molar-refractivity contribution in [2.75, 3.05) is 5.32 Å². The molecule has 0 spiro atoms. The van der Waals surface area contributed by atoms with E-state index >= 15 is 0 Å². The molecule has 3 rings (SSSR count). The quantitative estimate of drug-likeness (QED) is 0.889. The summed E-state index contributed by atoms with van der Waals surface area (Å²) < 4.78 is 0. The van der Waals surface area contributed by atoms with Crippen LogP contribution >= 0.6 is 0 Å². The Morgan fingerprint density at radius 3 is 2.65 bits per heavy atom. The predicted octanol–water partition coefficient (Wildman–Crippen LogP) is 3.79. The fraction of sp³-hybridized carbons (Fsp3) is 0.235. The zero-order valence-corrected chi connectivity index (χ0v) is 11.4. The number of aryl methyl sites for hydroxylation is 2. The summed E-state index contributed by atoms with van der Waals surface area (Å²) in [5, 5.41) is 12.4. The maximum absolute atomic E-state index is 10.8. The van der Waals surface area contributed by atoms with Gasteiger partial charge in [-0.15, -0.1) is 0 Å². The van der Waals surface area contributed by atoms with Gasteiger partial charge in [-0.2, -0.15) is 0 Å². The van der Waals surface area contributed by atoms with Crippen LogP contribution in [-0.4, -0.2) is 11.1 Å². The van der Waals surface area contributed by atoms with Gasteiger partial charge in [0.1, 0.15) is 0 Å². The van der Waals surface area contributed by atoms with Gasteiger partial charge in [-0.1, -0.05) is 23.8 Å². The molecule has 20 heavy (non-hydrogen) atoms. The van der Waals surface area contributed by atoms with E-state index in [4.69, 9.17) is 5.11 Å². The number of anilines is 1. The number of hydrogen-bond donors (Lipinski definition) is 2. The standard InChI is InChI=1S/C17H17NO2/c1-11-2-3-12-6-9-16(15(12)10-11)18-14-7-4-13(5-8-14)17(19)20/h2-5,7-8,10,16,18H,6,9H2,1H3,(H,19,20). The Labute approximate surface area is 118 Å². The third-order valence-corrected chi connectivity index (χ3v) is 3.85. The summed E-state index contributed by atoms with van der Waals surface area (Å²) >= 11 is 0. The first-order valence-corrected chi connectivity index (χ1v) is 6.83. The minimum Gasteiger partial charge on any atom is -0.478 e. The van der Waals surface area contributed by atoms with Gasteiger partial charge in [-0.25, -0.2) is 4.79 Å². The average Bonchev–Trinajstić information content (AvgIpc) is 2.82. The monoisotopic (exact) mass is 267 g/mol. The molecular weight excluding hydrogens is 250 g/mol. The van der Waals surface area contributed by atoms with E-state index in [0.717, 1.165) is 18.5 Å². The van der Waals surface area contributed by atoms with Gasteiger partial charge < -0.3 is 10.4 Å². The first kappa shape index (κ1) is 12.7. The van der Waals surface area contributed by atoms with Crippen LogP contribution in [0.3, 0.4) is 0 Å². The molecule has 0 saturated heterocycles. The third-order valence-electron chi connectivity index (χ3n) is 3.85. The lowest BCUT2D eigenvalue weighted by atomic mass is 10.0. The maximum Gasteiger partial charge on any atom is 0.335 e. The molecular formula is C17H17NO2. The molecule has 0 radical (unpaired) electrons. The second-order valence-corrected chi connectivity index (χ2v) is 5.32. The van der Waals surface area contributed by atoms with Crippen LogP contribution in [0.2, 0.25) is 0 Å². The molecule has 1 unspecified atom stereocenters.